The maximum Gasteiger partial charge on any atom is 0.248 e. The highest BCUT2D eigenvalue weighted by Gasteiger charge is 2.11. The summed E-state index contributed by atoms with van der Waals surface area (Å²) < 4.78 is 5.37. The van der Waals surface area contributed by atoms with E-state index >= 15 is 0 Å². The molecular weight excluding hydrogens is 192 g/mol. The van der Waals surface area contributed by atoms with E-state index in [0.29, 0.717) is 13.2 Å². The monoisotopic (exact) mass is 216 g/mol. The van der Waals surface area contributed by atoms with Gasteiger partial charge >= 0.3 is 0 Å². The first kappa shape index (κ1) is 14.4. The van der Waals surface area contributed by atoms with Crippen molar-refractivity contribution in [3.8, 4) is 0 Å². The minimum absolute atomic E-state index is 0.0241. The van der Waals surface area contributed by atoms with Crippen LogP contribution in [0.15, 0.2) is 0 Å². The molecule has 0 aliphatic heterocycles. The third-order valence-electron chi connectivity index (χ3n) is 2.09. The molecule has 0 bridgehead atoms. The van der Waals surface area contributed by atoms with Crippen LogP contribution in [0.1, 0.15) is 33.6 Å². The van der Waals surface area contributed by atoms with Gasteiger partial charge in [-0.25, -0.2) is 0 Å². The standard InChI is InChI=1S/C11H24N2O2/c1-4-6-9-15-10(3)11(14)13-8-7-12-5-2/h10,12H,4-9H2,1-3H3,(H,13,14). The van der Waals surface area contributed by atoms with Gasteiger partial charge in [0.25, 0.3) is 0 Å². The normalized spacial score (nSPS) is 12.5. The van der Waals surface area contributed by atoms with Crippen molar-refractivity contribution in [3.63, 3.8) is 0 Å². The summed E-state index contributed by atoms with van der Waals surface area (Å²) in [5, 5.41) is 5.96. The average Bonchev–Trinajstić information content (AvgIpc) is 2.24. The van der Waals surface area contributed by atoms with E-state index in [2.05, 4.69) is 17.6 Å². The summed E-state index contributed by atoms with van der Waals surface area (Å²) in [6, 6.07) is 0. The van der Waals surface area contributed by atoms with Crippen LogP contribution in [0.25, 0.3) is 0 Å². The van der Waals surface area contributed by atoms with E-state index in [-0.39, 0.29) is 12.0 Å². The van der Waals surface area contributed by atoms with Gasteiger partial charge in [-0.05, 0) is 19.9 Å². The summed E-state index contributed by atoms with van der Waals surface area (Å²) in [5.41, 5.74) is 0. The van der Waals surface area contributed by atoms with Crippen molar-refractivity contribution in [1.82, 2.24) is 10.6 Å². The first-order chi connectivity index (χ1) is 7.22. The van der Waals surface area contributed by atoms with Crippen LogP contribution < -0.4 is 10.6 Å². The lowest BCUT2D eigenvalue weighted by Gasteiger charge is -2.13. The average molecular weight is 216 g/mol. The number of nitrogens with one attached hydrogen (secondary N) is 2. The predicted octanol–water partition coefficient (Wildman–Crippen LogP) is 0.917. The van der Waals surface area contributed by atoms with Crippen LogP contribution in [0, 0.1) is 0 Å². The second kappa shape index (κ2) is 9.93. The molecule has 15 heavy (non-hydrogen) atoms. The Kier molecular flexibility index (Phi) is 9.52. The lowest BCUT2D eigenvalue weighted by molar-refractivity contribution is -0.131. The molecular formula is C11H24N2O2. The molecule has 0 heterocycles. The van der Waals surface area contributed by atoms with Crippen molar-refractivity contribution in [2.24, 2.45) is 0 Å². The number of rotatable bonds is 9. The van der Waals surface area contributed by atoms with Crippen LogP contribution in [0.3, 0.4) is 0 Å². The summed E-state index contributed by atoms with van der Waals surface area (Å²) in [6.45, 7) is 9.00. The smallest absolute Gasteiger partial charge is 0.248 e. The number of carbonyl (C=O) groups excluding carboxylic acids is 1. The third-order valence-corrected chi connectivity index (χ3v) is 2.09. The first-order valence-electron chi connectivity index (χ1n) is 5.82. The highest BCUT2D eigenvalue weighted by Crippen LogP contribution is 1.94. The van der Waals surface area contributed by atoms with E-state index in [1.54, 1.807) is 6.92 Å². The molecule has 0 aliphatic carbocycles. The van der Waals surface area contributed by atoms with Crippen LogP contribution >= 0.6 is 0 Å². The lowest BCUT2D eigenvalue weighted by Crippen LogP contribution is -2.38. The molecule has 0 aromatic rings. The molecule has 1 amide bonds. The zero-order valence-electron chi connectivity index (χ0n) is 10.1. The van der Waals surface area contributed by atoms with E-state index < -0.39 is 0 Å². The summed E-state index contributed by atoms with van der Waals surface area (Å²) in [4.78, 5) is 11.4. The number of hydrogen-bond acceptors (Lipinski definition) is 3. The molecule has 0 saturated carbocycles. The maximum atomic E-state index is 11.4. The molecule has 4 nitrogen and oxygen atoms in total. The Bertz CT molecular complexity index is 163. The molecule has 0 aromatic carbocycles. The van der Waals surface area contributed by atoms with E-state index in [0.717, 1.165) is 25.9 Å². The number of likely N-dealkylation sites (N-methyl/N-ethyl adjacent to an activating group) is 1. The maximum absolute atomic E-state index is 11.4. The topological polar surface area (TPSA) is 50.4 Å². The number of unbranched alkanes of at least 4 members (excludes halogenated alkanes) is 1. The van der Waals surface area contributed by atoms with Crippen molar-refractivity contribution >= 4 is 5.91 Å². The summed E-state index contributed by atoms with van der Waals surface area (Å²) in [5.74, 6) is -0.0241. The Labute approximate surface area is 92.8 Å². The fraction of sp³-hybridized carbons (Fsp3) is 0.909. The molecule has 0 aromatic heterocycles. The zero-order valence-corrected chi connectivity index (χ0v) is 10.1. The van der Waals surface area contributed by atoms with Crippen molar-refractivity contribution in [1.29, 1.82) is 0 Å². The molecule has 0 fully saturated rings. The van der Waals surface area contributed by atoms with Gasteiger partial charge in [-0.15, -0.1) is 0 Å². The van der Waals surface area contributed by atoms with E-state index in [1.165, 1.54) is 0 Å². The molecule has 0 aliphatic rings. The third kappa shape index (κ3) is 8.39. The molecule has 90 valence electrons. The molecule has 0 rings (SSSR count). The van der Waals surface area contributed by atoms with Gasteiger partial charge in [0, 0.05) is 19.7 Å². The molecule has 2 N–H and O–H groups in total. The molecule has 1 atom stereocenters. The van der Waals surface area contributed by atoms with Crippen LogP contribution in [0.4, 0.5) is 0 Å². The fourth-order valence-electron chi connectivity index (χ4n) is 1.07. The number of amides is 1. The van der Waals surface area contributed by atoms with Gasteiger partial charge in [-0.2, -0.15) is 0 Å². The van der Waals surface area contributed by atoms with Crippen LogP contribution in [-0.2, 0) is 9.53 Å². The van der Waals surface area contributed by atoms with Gasteiger partial charge in [0.15, 0.2) is 0 Å². The number of hydrogen-bond donors (Lipinski definition) is 2. The molecule has 0 spiro atoms. The second-order valence-electron chi connectivity index (χ2n) is 3.51. The van der Waals surface area contributed by atoms with Crippen molar-refractivity contribution in [2.45, 2.75) is 39.7 Å². The van der Waals surface area contributed by atoms with Crippen molar-refractivity contribution in [3.05, 3.63) is 0 Å². The fourth-order valence-corrected chi connectivity index (χ4v) is 1.07. The summed E-state index contributed by atoms with van der Waals surface area (Å²) >= 11 is 0. The summed E-state index contributed by atoms with van der Waals surface area (Å²) in [6.07, 6.45) is 1.77. The molecule has 1 unspecified atom stereocenters. The quantitative estimate of drug-likeness (QED) is 0.563. The second-order valence-corrected chi connectivity index (χ2v) is 3.51. The largest absolute Gasteiger partial charge is 0.369 e. The molecule has 0 saturated heterocycles. The van der Waals surface area contributed by atoms with Crippen molar-refractivity contribution < 1.29 is 9.53 Å². The van der Waals surface area contributed by atoms with Crippen LogP contribution in [0.5, 0.6) is 0 Å². The van der Waals surface area contributed by atoms with Crippen LogP contribution in [0.2, 0.25) is 0 Å². The minimum atomic E-state index is -0.335. The number of carbonyl (C=O) groups is 1. The predicted molar refractivity (Wildman–Crippen MR) is 61.9 cm³/mol. The van der Waals surface area contributed by atoms with Gasteiger partial charge in [-0.3, -0.25) is 4.79 Å². The molecule has 0 radical (unpaired) electrons. The Morgan fingerprint density at radius 3 is 2.67 bits per heavy atom. The van der Waals surface area contributed by atoms with E-state index in [9.17, 15) is 4.79 Å². The van der Waals surface area contributed by atoms with Gasteiger partial charge < -0.3 is 15.4 Å². The van der Waals surface area contributed by atoms with Gasteiger partial charge in [0.1, 0.15) is 6.10 Å². The van der Waals surface area contributed by atoms with E-state index in [1.807, 2.05) is 6.92 Å². The summed E-state index contributed by atoms with van der Waals surface area (Å²) in [7, 11) is 0. The SMILES string of the molecule is CCCCOC(C)C(=O)NCCNCC. The van der Waals surface area contributed by atoms with E-state index in [4.69, 9.17) is 4.74 Å². The lowest BCUT2D eigenvalue weighted by atomic mass is 10.3. The van der Waals surface area contributed by atoms with Gasteiger partial charge in [-0.1, -0.05) is 20.3 Å². The van der Waals surface area contributed by atoms with Crippen LogP contribution in [-0.4, -0.2) is 38.3 Å². The van der Waals surface area contributed by atoms with Gasteiger partial charge in [0.2, 0.25) is 5.91 Å². The molecule has 4 heteroatoms. The minimum Gasteiger partial charge on any atom is -0.369 e. The Hall–Kier alpha value is -0.610. The Balaban J connectivity index is 3.42. The van der Waals surface area contributed by atoms with Gasteiger partial charge in [0.05, 0.1) is 0 Å². The highest BCUT2D eigenvalue weighted by atomic mass is 16.5. The Morgan fingerprint density at radius 2 is 2.07 bits per heavy atom. The Morgan fingerprint density at radius 1 is 1.33 bits per heavy atom. The highest BCUT2D eigenvalue weighted by molar-refractivity contribution is 5.80. The number of ether oxygens (including phenoxy) is 1. The van der Waals surface area contributed by atoms with Crippen molar-refractivity contribution in [2.75, 3.05) is 26.2 Å². The zero-order chi connectivity index (χ0) is 11.5. The first-order valence-corrected chi connectivity index (χ1v) is 5.82.